The van der Waals surface area contributed by atoms with E-state index in [1.807, 2.05) is 30.3 Å². The van der Waals surface area contributed by atoms with Crippen molar-refractivity contribution < 1.29 is 19.1 Å². The van der Waals surface area contributed by atoms with Crippen LogP contribution in [0, 0.1) is 5.92 Å². The van der Waals surface area contributed by atoms with Gasteiger partial charge < -0.3 is 9.47 Å². The van der Waals surface area contributed by atoms with Gasteiger partial charge in [0.2, 0.25) is 0 Å². The van der Waals surface area contributed by atoms with Crippen molar-refractivity contribution in [3.63, 3.8) is 0 Å². The first kappa shape index (κ1) is 23.2. The quantitative estimate of drug-likeness (QED) is 0.221. The summed E-state index contributed by atoms with van der Waals surface area (Å²) in [5, 5.41) is 0. The van der Waals surface area contributed by atoms with E-state index in [0.29, 0.717) is 25.4 Å². The summed E-state index contributed by atoms with van der Waals surface area (Å²) in [6, 6.07) is 10.0. The van der Waals surface area contributed by atoms with E-state index in [-0.39, 0.29) is 18.0 Å². The first-order chi connectivity index (χ1) is 14.2. The molecule has 0 heterocycles. The van der Waals surface area contributed by atoms with Gasteiger partial charge in [0.25, 0.3) is 0 Å². The van der Waals surface area contributed by atoms with Crippen LogP contribution in [-0.4, -0.2) is 18.5 Å². The fourth-order valence-corrected chi connectivity index (χ4v) is 3.61. The lowest BCUT2D eigenvalue weighted by molar-refractivity contribution is -0.150. The number of benzene rings is 1. The molecule has 4 heteroatoms. The molecule has 0 fully saturated rings. The Morgan fingerprint density at radius 1 is 1.03 bits per heavy atom. The molecule has 0 aliphatic heterocycles. The Hall–Kier alpha value is -2.10. The SMILES string of the molecule is CCCCOC(=O)CCCCCC(=O)OC(CC1C=CCCC1)c1ccccc1. The molecular weight excluding hydrogens is 364 g/mol. The molecule has 0 bridgehead atoms. The summed E-state index contributed by atoms with van der Waals surface area (Å²) in [5.41, 5.74) is 1.06. The molecule has 0 spiro atoms. The van der Waals surface area contributed by atoms with Crippen LogP contribution in [0.2, 0.25) is 0 Å². The van der Waals surface area contributed by atoms with Crippen LogP contribution < -0.4 is 0 Å². The second-order valence-corrected chi connectivity index (χ2v) is 7.88. The summed E-state index contributed by atoms with van der Waals surface area (Å²) in [6.07, 6.45) is 13.8. The van der Waals surface area contributed by atoms with Crippen molar-refractivity contribution in [3.8, 4) is 0 Å². The van der Waals surface area contributed by atoms with Gasteiger partial charge in [0.1, 0.15) is 6.10 Å². The number of carbonyl (C=O) groups excluding carboxylic acids is 2. The molecule has 0 saturated carbocycles. The van der Waals surface area contributed by atoms with Crippen molar-refractivity contribution >= 4 is 11.9 Å². The van der Waals surface area contributed by atoms with Crippen LogP contribution in [0.15, 0.2) is 42.5 Å². The molecule has 0 saturated heterocycles. The van der Waals surface area contributed by atoms with E-state index in [0.717, 1.165) is 56.9 Å². The summed E-state index contributed by atoms with van der Waals surface area (Å²) in [6.45, 7) is 2.58. The van der Waals surface area contributed by atoms with E-state index in [4.69, 9.17) is 9.47 Å². The molecule has 160 valence electrons. The fourth-order valence-electron chi connectivity index (χ4n) is 3.61. The third-order valence-corrected chi connectivity index (χ3v) is 5.34. The van der Waals surface area contributed by atoms with Crippen LogP contribution in [-0.2, 0) is 19.1 Å². The van der Waals surface area contributed by atoms with Crippen LogP contribution in [0.1, 0.15) is 89.2 Å². The van der Waals surface area contributed by atoms with Crippen LogP contribution in [0.3, 0.4) is 0 Å². The Bertz CT molecular complexity index is 623. The number of hydrogen-bond donors (Lipinski definition) is 0. The highest BCUT2D eigenvalue weighted by molar-refractivity contribution is 5.70. The molecule has 1 aromatic rings. The van der Waals surface area contributed by atoms with E-state index in [1.165, 1.54) is 6.42 Å². The summed E-state index contributed by atoms with van der Waals surface area (Å²) in [7, 11) is 0. The highest BCUT2D eigenvalue weighted by Crippen LogP contribution is 2.31. The van der Waals surface area contributed by atoms with E-state index in [1.54, 1.807) is 0 Å². The zero-order valence-corrected chi connectivity index (χ0v) is 17.8. The Morgan fingerprint density at radius 3 is 2.48 bits per heavy atom. The van der Waals surface area contributed by atoms with Crippen molar-refractivity contribution in [2.24, 2.45) is 5.92 Å². The maximum Gasteiger partial charge on any atom is 0.306 e. The van der Waals surface area contributed by atoms with Gasteiger partial charge in [0.05, 0.1) is 6.61 Å². The van der Waals surface area contributed by atoms with Gasteiger partial charge in [0.15, 0.2) is 0 Å². The lowest BCUT2D eigenvalue weighted by atomic mass is 9.89. The molecule has 0 N–H and O–H groups in total. The minimum Gasteiger partial charge on any atom is -0.466 e. The molecular formula is C25H36O4. The van der Waals surface area contributed by atoms with Gasteiger partial charge in [0, 0.05) is 12.8 Å². The molecule has 29 heavy (non-hydrogen) atoms. The second kappa shape index (κ2) is 14.0. The number of rotatable bonds is 13. The Morgan fingerprint density at radius 2 is 1.79 bits per heavy atom. The highest BCUT2D eigenvalue weighted by Gasteiger charge is 2.21. The smallest absolute Gasteiger partial charge is 0.306 e. The average molecular weight is 401 g/mol. The number of hydrogen-bond acceptors (Lipinski definition) is 4. The van der Waals surface area contributed by atoms with E-state index >= 15 is 0 Å². The molecule has 1 aliphatic rings. The van der Waals surface area contributed by atoms with Crippen molar-refractivity contribution in [1.29, 1.82) is 0 Å². The average Bonchev–Trinajstić information content (AvgIpc) is 2.74. The van der Waals surface area contributed by atoms with Gasteiger partial charge >= 0.3 is 11.9 Å². The minimum absolute atomic E-state index is 0.134. The molecule has 0 aromatic heterocycles. The van der Waals surface area contributed by atoms with Crippen LogP contribution in [0.4, 0.5) is 0 Å². The maximum atomic E-state index is 12.4. The van der Waals surface area contributed by atoms with Gasteiger partial charge in [-0.15, -0.1) is 0 Å². The molecule has 1 aromatic carbocycles. The first-order valence-corrected chi connectivity index (χ1v) is 11.3. The summed E-state index contributed by atoms with van der Waals surface area (Å²) < 4.78 is 11.0. The highest BCUT2D eigenvalue weighted by atomic mass is 16.5. The molecule has 2 rings (SSSR count). The van der Waals surface area contributed by atoms with Gasteiger partial charge in [-0.1, -0.05) is 62.2 Å². The number of carbonyl (C=O) groups is 2. The molecule has 2 atom stereocenters. The zero-order valence-electron chi connectivity index (χ0n) is 17.8. The Labute approximate surface area is 175 Å². The predicted octanol–water partition coefficient (Wildman–Crippen LogP) is 6.31. The molecule has 0 radical (unpaired) electrons. The summed E-state index contributed by atoms with van der Waals surface area (Å²) in [4.78, 5) is 24.0. The standard InChI is InChI=1S/C25H36O4/c1-2-3-19-28-24(26)17-11-6-12-18-25(27)29-23(22-15-9-5-10-16-22)20-21-13-7-4-8-14-21/h5,7,9-10,13,15-16,21,23H,2-4,6,8,11-12,14,17-20H2,1H3. The van der Waals surface area contributed by atoms with Gasteiger partial charge in [-0.05, 0) is 56.4 Å². The van der Waals surface area contributed by atoms with Crippen molar-refractivity contribution in [2.45, 2.75) is 83.7 Å². The molecule has 1 aliphatic carbocycles. The first-order valence-electron chi connectivity index (χ1n) is 11.3. The minimum atomic E-state index is -0.190. The van der Waals surface area contributed by atoms with E-state index in [2.05, 4.69) is 19.1 Å². The normalized spacial score (nSPS) is 16.9. The molecule has 0 amide bonds. The summed E-state index contributed by atoms with van der Waals surface area (Å²) in [5.74, 6) is 0.190. The third-order valence-electron chi connectivity index (χ3n) is 5.34. The summed E-state index contributed by atoms with van der Waals surface area (Å²) >= 11 is 0. The second-order valence-electron chi connectivity index (χ2n) is 7.88. The monoisotopic (exact) mass is 400 g/mol. The van der Waals surface area contributed by atoms with Gasteiger partial charge in [-0.25, -0.2) is 0 Å². The topological polar surface area (TPSA) is 52.6 Å². The van der Waals surface area contributed by atoms with Gasteiger partial charge in [-0.2, -0.15) is 0 Å². The van der Waals surface area contributed by atoms with Crippen LogP contribution in [0.5, 0.6) is 0 Å². The van der Waals surface area contributed by atoms with Crippen molar-refractivity contribution in [1.82, 2.24) is 0 Å². The van der Waals surface area contributed by atoms with Crippen LogP contribution >= 0.6 is 0 Å². The number of allylic oxidation sites excluding steroid dienone is 2. The number of unbranched alkanes of at least 4 members (excludes halogenated alkanes) is 3. The lowest BCUT2D eigenvalue weighted by Crippen LogP contribution is -2.15. The molecule has 4 nitrogen and oxygen atoms in total. The zero-order chi connectivity index (χ0) is 20.7. The Kier molecular flexibility index (Phi) is 11.2. The Balaban J connectivity index is 1.71. The largest absolute Gasteiger partial charge is 0.466 e. The number of ether oxygens (including phenoxy) is 2. The predicted molar refractivity (Wildman–Crippen MR) is 115 cm³/mol. The number of esters is 2. The maximum absolute atomic E-state index is 12.4. The lowest BCUT2D eigenvalue weighted by Gasteiger charge is -2.24. The van der Waals surface area contributed by atoms with Crippen molar-refractivity contribution in [2.75, 3.05) is 6.61 Å². The van der Waals surface area contributed by atoms with E-state index in [9.17, 15) is 9.59 Å². The van der Waals surface area contributed by atoms with Gasteiger partial charge in [-0.3, -0.25) is 9.59 Å². The third kappa shape index (κ3) is 9.78. The van der Waals surface area contributed by atoms with E-state index < -0.39 is 0 Å². The fraction of sp³-hybridized carbons (Fsp3) is 0.600. The van der Waals surface area contributed by atoms with Crippen LogP contribution in [0.25, 0.3) is 0 Å². The molecule has 2 unspecified atom stereocenters. The van der Waals surface area contributed by atoms with Crippen molar-refractivity contribution in [3.05, 3.63) is 48.0 Å².